The molecule has 1 aromatic carbocycles. The first kappa shape index (κ1) is 18.7. The Labute approximate surface area is 169 Å². The fourth-order valence-corrected chi connectivity index (χ4v) is 3.44. The zero-order chi connectivity index (χ0) is 20.4. The van der Waals surface area contributed by atoms with E-state index in [9.17, 15) is 10.0 Å². The van der Waals surface area contributed by atoms with Crippen LogP contribution < -0.4 is 20.7 Å². The van der Waals surface area contributed by atoms with Crippen LogP contribution in [-0.4, -0.2) is 17.4 Å². The van der Waals surface area contributed by atoms with Gasteiger partial charge in [-0.25, -0.2) is 4.98 Å². The van der Waals surface area contributed by atoms with Crippen molar-refractivity contribution in [3.05, 3.63) is 83.0 Å². The quantitative estimate of drug-likeness (QED) is 0.460. The molecule has 7 nitrogen and oxygen atoms in total. The van der Waals surface area contributed by atoms with Crippen molar-refractivity contribution in [2.75, 3.05) is 22.5 Å². The third kappa shape index (κ3) is 3.99. The maximum absolute atomic E-state index is 12.9. The molecule has 0 radical (unpaired) electrons. The molecule has 7 heteroatoms. The standard InChI is InChI=1S/C22H23N5O2/c1-22(2)14-25-19-12-16(5-6-18(19)22)26-21(28)17-4-3-9-23-20(17)24-13-15-7-10-27(29)11-8-15/h3-12,25H,13-14H2,1-2H3,(H,23,24)(H,26,28). The summed E-state index contributed by atoms with van der Waals surface area (Å²) in [7, 11) is 0. The highest BCUT2D eigenvalue weighted by Gasteiger charge is 2.29. The summed E-state index contributed by atoms with van der Waals surface area (Å²) in [5.41, 5.74) is 4.49. The second-order valence-electron chi connectivity index (χ2n) is 7.77. The van der Waals surface area contributed by atoms with E-state index >= 15 is 0 Å². The van der Waals surface area contributed by atoms with Crippen molar-refractivity contribution in [1.29, 1.82) is 0 Å². The highest BCUT2D eigenvalue weighted by molar-refractivity contribution is 6.07. The lowest BCUT2D eigenvalue weighted by molar-refractivity contribution is -0.605. The number of rotatable bonds is 5. The predicted octanol–water partition coefficient (Wildman–Crippen LogP) is 3.28. The molecule has 29 heavy (non-hydrogen) atoms. The van der Waals surface area contributed by atoms with E-state index in [0.717, 1.165) is 28.2 Å². The first-order chi connectivity index (χ1) is 13.9. The minimum Gasteiger partial charge on any atom is -0.619 e. The van der Waals surface area contributed by atoms with Crippen LogP contribution in [0.5, 0.6) is 0 Å². The number of hydrogen-bond acceptors (Lipinski definition) is 5. The van der Waals surface area contributed by atoms with E-state index in [1.165, 1.54) is 18.0 Å². The number of nitrogens with zero attached hydrogens (tertiary/aromatic N) is 2. The molecule has 1 amide bonds. The summed E-state index contributed by atoms with van der Waals surface area (Å²) in [6.07, 6.45) is 4.51. The van der Waals surface area contributed by atoms with Crippen LogP contribution in [0.2, 0.25) is 0 Å². The summed E-state index contributed by atoms with van der Waals surface area (Å²) in [5, 5.41) is 20.7. The van der Waals surface area contributed by atoms with Crippen molar-refractivity contribution >= 4 is 23.1 Å². The van der Waals surface area contributed by atoms with Gasteiger partial charge in [0.1, 0.15) is 5.82 Å². The van der Waals surface area contributed by atoms with Crippen molar-refractivity contribution in [3.8, 4) is 0 Å². The van der Waals surface area contributed by atoms with Gasteiger partial charge in [-0.2, -0.15) is 4.73 Å². The molecule has 3 aromatic rings. The van der Waals surface area contributed by atoms with E-state index in [1.54, 1.807) is 30.5 Å². The largest absolute Gasteiger partial charge is 0.619 e. The van der Waals surface area contributed by atoms with Crippen LogP contribution >= 0.6 is 0 Å². The lowest BCUT2D eigenvalue weighted by Crippen LogP contribution is -2.24. The van der Waals surface area contributed by atoms with Crippen molar-refractivity contribution in [2.24, 2.45) is 0 Å². The third-order valence-electron chi connectivity index (χ3n) is 5.11. The molecule has 0 saturated heterocycles. The predicted molar refractivity (Wildman–Crippen MR) is 113 cm³/mol. The summed E-state index contributed by atoms with van der Waals surface area (Å²) in [6.45, 7) is 5.72. The van der Waals surface area contributed by atoms with Crippen molar-refractivity contribution < 1.29 is 9.52 Å². The molecule has 0 spiro atoms. The van der Waals surface area contributed by atoms with E-state index in [-0.39, 0.29) is 11.3 Å². The van der Waals surface area contributed by atoms with Crippen LogP contribution in [0.25, 0.3) is 0 Å². The zero-order valence-electron chi connectivity index (χ0n) is 16.4. The van der Waals surface area contributed by atoms with Gasteiger partial charge in [-0.15, -0.1) is 0 Å². The van der Waals surface area contributed by atoms with E-state index in [4.69, 9.17) is 0 Å². The number of aromatic nitrogens is 2. The van der Waals surface area contributed by atoms with Gasteiger partial charge >= 0.3 is 0 Å². The molecule has 0 unspecified atom stereocenters. The Morgan fingerprint density at radius 1 is 1.24 bits per heavy atom. The summed E-state index contributed by atoms with van der Waals surface area (Å²) in [5.74, 6) is 0.257. The van der Waals surface area contributed by atoms with Gasteiger partial charge in [0, 0.05) is 48.2 Å². The van der Waals surface area contributed by atoms with Crippen LogP contribution in [-0.2, 0) is 12.0 Å². The monoisotopic (exact) mass is 389 g/mol. The number of fused-ring (bicyclic) bond motifs is 1. The molecular formula is C22H23N5O2. The number of nitrogens with one attached hydrogen (secondary N) is 3. The van der Waals surface area contributed by atoms with E-state index in [0.29, 0.717) is 17.9 Å². The van der Waals surface area contributed by atoms with Crippen LogP contribution in [0.15, 0.2) is 61.1 Å². The molecule has 0 atom stereocenters. The second kappa shape index (κ2) is 7.43. The van der Waals surface area contributed by atoms with Crippen molar-refractivity contribution in [2.45, 2.75) is 25.8 Å². The Kier molecular flexibility index (Phi) is 4.80. The fraction of sp³-hybridized carbons (Fsp3) is 0.227. The van der Waals surface area contributed by atoms with E-state index < -0.39 is 0 Å². The minimum absolute atomic E-state index is 0.0844. The number of pyridine rings is 2. The number of amides is 1. The van der Waals surface area contributed by atoms with Gasteiger partial charge < -0.3 is 21.2 Å². The molecule has 0 bridgehead atoms. The van der Waals surface area contributed by atoms with Gasteiger partial charge in [0.25, 0.3) is 5.91 Å². The highest BCUT2D eigenvalue weighted by atomic mass is 16.5. The maximum atomic E-state index is 12.9. The lowest BCUT2D eigenvalue weighted by Gasteiger charge is -2.17. The van der Waals surface area contributed by atoms with E-state index in [2.05, 4.69) is 40.8 Å². The SMILES string of the molecule is CC1(C)CNc2cc(NC(=O)c3cccnc3NCc3cc[n+]([O-])cc3)ccc21. The minimum atomic E-state index is -0.233. The summed E-state index contributed by atoms with van der Waals surface area (Å²) < 4.78 is 0.732. The number of carbonyl (C=O) groups is 1. The molecule has 148 valence electrons. The topological polar surface area (TPSA) is 93.0 Å². The molecule has 0 saturated carbocycles. The molecule has 2 aromatic heterocycles. The van der Waals surface area contributed by atoms with Crippen molar-refractivity contribution in [1.82, 2.24) is 4.98 Å². The maximum Gasteiger partial charge on any atom is 0.259 e. The summed E-state index contributed by atoms with van der Waals surface area (Å²) in [4.78, 5) is 17.2. The number of hydrogen-bond donors (Lipinski definition) is 3. The van der Waals surface area contributed by atoms with Crippen LogP contribution in [0, 0.1) is 5.21 Å². The Hall–Kier alpha value is -3.61. The van der Waals surface area contributed by atoms with Gasteiger partial charge in [-0.05, 0) is 35.4 Å². The Bertz CT molecular complexity index is 1050. The Balaban J connectivity index is 1.49. The van der Waals surface area contributed by atoms with Crippen LogP contribution in [0.4, 0.5) is 17.2 Å². The molecule has 0 fully saturated rings. The van der Waals surface area contributed by atoms with E-state index in [1.807, 2.05) is 12.1 Å². The molecule has 1 aliphatic heterocycles. The highest BCUT2D eigenvalue weighted by Crippen LogP contribution is 2.37. The molecular weight excluding hydrogens is 366 g/mol. The van der Waals surface area contributed by atoms with Crippen molar-refractivity contribution in [3.63, 3.8) is 0 Å². The first-order valence-electron chi connectivity index (χ1n) is 9.49. The van der Waals surface area contributed by atoms with Crippen LogP contribution in [0.1, 0.15) is 35.3 Å². The lowest BCUT2D eigenvalue weighted by atomic mass is 9.87. The summed E-state index contributed by atoms with van der Waals surface area (Å²) >= 11 is 0. The number of carbonyl (C=O) groups excluding carboxylic acids is 1. The smallest absolute Gasteiger partial charge is 0.259 e. The average molecular weight is 389 g/mol. The number of benzene rings is 1. The first-order valence-corrected chi connectivity index (χ1v) is 9.49. The Morgan fingerprint density at radius 3 is 2.83 bits per heavy atom. The van der Waals surface area contributed by atoms with Crippen LogP contribution in [0.3, 0.4) is 0 Å². The number of anilines is 3. The molecule has 0 aliphatic carbocycles. The molecule has 4 rings (SSSR count). The Morgan fingerprint density at radius 2 is 2.03 bits per heavy atom. The van der Waals surface area contributed by atoms with Gasteiger partial charge in [-0.3, -0.25) is 4.79 Å². The van der Waals surface area contributed by atoms with Gasteiger partial charge in [0.15, 0.2) is 12.4 Å². The molecule has 3 N–H and O–H groups in total. The van der Waals surface area contributed by atoms with Gasteiger partial charge in [-0.1, -0.05) is 19.9 Å². The second-order valence-corrected chi connectivity index (χ2v) is 7.77. The molecule has 1 aliphatic rings. The van der Waals surface area contributed by atoms with Gasteiger partial charge in [0.05, 0.1) is 5.56 Å². The fourth-order valence-electron chi connectivity index (χ4n) is 3.44. The third-order valence-corrected chi connectivity index (χ3v) is 5.11. The molecule has 3 heterocycles. The summed E-state index contributed by atoms with van der Waals surface area (Å²) in [6, 6.07) is 12.9. The zero-order valence-corrected chi connectivity index (χ0v) is 16.4. The normalized spacial score (nSPS) is 14.0. The average Bonchev–Trinajstić information content (AvgIpc) is 3.02. The van der Waals surface area contributed by atoms with Gasteiger partial charge in [0.2, 0.25) is 0 Å².